The van der Waals surface area contributed by atoms with Crippen molar-refractivity contribution >= 4 is 5.69 Å². The van der Waals surface area contributed by atoms with Gasteiger partial charge in [0.25, 0.3) is 0 Å². The van der Waals surface area contributed by atoms with E-state index in [-0.39, 0.29) is 17.5 Å². The Morgan fingerprint density at radius 1 is 1.35 bits per heavy atom. The Balaban J connectivity index is 2.32. The van der Waals surface area contributed by atoms with Crippen LogP contribution >= 0.6 is 0 Å². The normalized spacial score (nSPS) is 18.4. The monoisotopic (exact) mass is 281 g/mol. The maximum atomic E-state index is 13.4. The number of hydrogen-bond acceptors (Lipinski definition) is 4. The highest BCUT2D eigenvalue weighted by atomic mass is 19.1. The van der Waals surface area contributed by atoms with Crippen molar-refractivity contribution < 1.29 is 9.50 Å². The second-order valence-corrected chi connectivity index (χ2v) is 5.83. The van der Waals surface area contributed by atoms with Crippen LogP contribution in [0.1, 0.15) is 31.9 Å². The van der Waals surface area contributed by atoms with Gasteiger partial charge in [-0.15, -0.1) is 0 Å². The van der Waals surface area contributed by atoms with Gasteiger partial charge >= 0.3 is 0 Å². The number of phenols is 1. The van der Waals surface area contributed by atoms with Crippen molar-refractivity contribution in [3.63, 3.8) is 0 Å². The van der Waals surface area contributed by atoms with Crippen LogP contribution in [-0.2, 0) is 0 Å². The summed E-state index contributed by atoms with van der Waals surface area (Å²) in [4.78, 5) is 2.34. The fraction of sp³-hybridized carbons (Fsp3) is 0.600. The van der Waals surface area contributed by atoms with Crippen LogP contribution in [0.3, 0.4) is 0 Å². The Kier molecular flexibility index (Phi) is 4.83. The lowest BCUT2D eigenvalue weighted by Crippen LogP contribution is -2.45. The zero-order valence-electron chi connectivity index (χ0n) is 12.2. The van der Waals surface area contributed by atoms with E-state index in [1.54, 1.807) is 6.07 Å². The highest BCUT2D eigenvalue weighted by Gasteiger charge is 2.26. The van der Waals surface area contributed by atoms with Crippen molar-refractivity contribution in [2.24, 2.45) is 5.92 Å². The van der Waals surface area contributed by atoms with Crippen molar-refractivity contribution in [2.45, 2.75) is 26.3 Å². The molecule has 0 radical (unpaired) electrons. The molecule has 20 heavy (non-hydrogen) atoms. The SMILES string of the molecule is CC(C)C[C@H](c1ccc(F)c(N)c1O)N1CCNCC1. The number of aromatic hydroxyl groups is 1. The minimum Gasteiger partial charge on any atom is -0.505 e. The van der Waals surface area contributed by atoms with Crippen LogP contribution in [0.2, 0.25) is 0 Å². The number of hydrogen-bond donors (Lipinski definition) is 3. The summed E-state index contributed by atoms with van der Waals surface area (Å²) in [6, 6.07) is 3.09. The molecule has 0 bridgehead atoms. The zero-order chi connectivity index (χ0) is 14.7. The van der Waals surface area contributed by atoms with Crippen LogP contribution < -0.4 is 11.1 Å². The van der Waals surface area contributed by atoms with Crippen LogP contribution in [0, 0.1) is 11.7 Å². The number of rotatable bonds is 4. The van der Waals surface area contributed by atoms with E-state index in [1.807, 2.05) is 0 Å². The first kappa shape index (κ1) is 15.1. The summed E-state index contributed by atoms with van der Waals surface area (Å²) >= 11 is 0. The topological polar surface area (TPSA) is 61.5 Å². The van der Waals surface area contributed by atoms with Crippen LogP contribution in [0.15, 0.2) is 12.1 Å². The lowest BCUT2D eigenvalue weighted by molar-refractivity contribution is 0.151. The molecule has 0 saturated carbocycles. The molecule has 1 atom stereocenters. The Bertz CT molecular complexity index is 459. The molecule has 1 aromatic rings. The number of nitrogens with one attached hydrogen (secondary N) is 1. The van der Waals surface area contributed by atoms with Crippen LogP contribution in [0.25, 0.3) is 0 Å². The molecular weight excluding hydrogens is 257 g/mol. The lowest BCUT2D eigenvalue weighted by atomic mass is 9.93. The number of phenolic OH excluding ortho intramolecular Hbond substituents is 1. The predicted molar refractivity (Wildman–Crippen MR) is 79.1 cm³/mol. The van der Waals surface area contributed by atoms with Crippen LogP contribution in [0.5, 0.6) is 5.75 Å². The number of anilines is 1. The van der Waals surface area contributed by atoms with E-state index >= 15 is 0 Å². The standard InChI is InChI=1S/C15H24FN3O/c1-10(2)9-13(19-7-5-18-6-8-19)11-3-4-12(16)14(17)15(11)20/h3-4,10,13,18,20H,5-9,17H2,1-2H3/t13-/m1/s1. The smallest absolute Gasteiger partial charge is 0.149 e. The largest absolute Gasteiger partial charge is 0.505 e. The predicted octanol–water partition coefficient (Wildman–Crippen LogP) is 2.11. The van der Waals surface area contributed by atoms with E-state index in [0.717, 1.165) is 38.2 Å². The first-order valence-corrected chi connectivity index (χ1v) is 7.22. The second-order valence-electron chi connectivity index (χ2n) is 5.83. The van der Waals surface area contributed by atoms with Crippen molar-refractivity contribution in [2.75, 3.05) is 31.9 Å². The fourth-order valence-electron chi connectivity index (χ4n) is 2.78. The zero-order valence-corrected chi connectivity index (χ0v) is 12.2. The molecule has 0 aromatic heterocycles. The van der Waals surface area contributed by atoms with Crippen LogP contribution in [-0.4, -0.2) is 36.2 Å². The Morgan fingerprint density at radius 2 is 2.00 bits per heavy atom. The molecule has 0 unspecified atom stereocenters. The summed E-state index contributed by atoms with van der Waals surface area (Å²) in [5.41, 5.74) is 6.21. The van der Waals surface area contributed by atoms with Gasteiger partial charge in [-0.1, -0.05) is 19.9 Å². The fourth-order valence-corrected chi connectivity index (χ4v) is 2.78. The maximum Gasteiger partial charge on any atom is 0.149 e. The average molecular weight is 281 g/mol. The molecule has 1 aliphatic heterocycles. The third-order valence-corrected chi connectivity index (χ3v) is 3.84. The van der Waals surface area contributed by atoms with E-state index < -0.39 is 5.82 Å². The minimum atomic E-state index is -0.560. The summed E-state index contributed by atoms with van der Waals surface area (Å²) in [6.45, 7) is 8.03. The Hall–Kier alpha value is -1.33. The molecule has 1 saturated heterocycles. The van der Waals surface area contributed by atoms with Crippen molar-refractivity contribution in [3.05, 3.63) is 23.5 Å². The minimum absolute atomic E-state index is 0.0833. The number of nitrogens with zero attached hydrogens (tertiary/aromatic N) is 1. The van der Waals surface area contributed by atoms with E-state index in [4.69, 9.17) is 5.73 Å². The van der Waals surface area contributed by atoms with Crippen molar-refractivity contribution in [1.29, 1.82) is 0 Å². The highest BCUT2D eigenvalue weighted by Crippen LogP contribution is 2.37. The van der Waals surface area contributed by atoms with E-state index in [2.05, 4.69) is 24.1 Å². The van der Waals surface area contributed by atoms with Crippen molar-refractivity contribution in [3.8, 4) is 5.75 Å². The lowest BCUT2D eigenvalue weighted by Gasteiger charge is -2.36. The Morgan fingerprint density at radius 3 is 2.60 bits per heavy atom. The molecule has 1 heterocycles. The summed E-state index contributed by atoms with van der Waals surface area (Å²) in [5.74, 6) is -0.176. The highest BCUT2D eigenvalue weighted by molar-refractivity contribution is 5.57. The van der Waals surface area contributed by atoms with E-state index in [9.17, 15) is 9.50 Å². The van der Waals surface area contributed by atoms with Gasteiger partial charge in [0.15, 0.2) is 0 Å². The number of nitrogens with two attached hydrogens (primary N) is 1. The van der Waals surface area contributed by atoms with Crippen molar-refractivity contribution in [1.82, 2.24) is 10.2 Å². The molecule has 5 heteroatoms. The quantitative estimate of drug-likeness (QED) is 0.584. The van der Waals surface area contributed by atoms with Gasteiger partial charge in [-0.05, 0) is 18.4 Å². The number of piperazine rings is 1. The molecule has 0 aliphatic carbocycles. The van der Waals surface area contributed by atoms with Gasteiger partial charge in [0.2, 0.25) is 0 Å². The Labute approximate surface area is 119 Å². The van der Waals surface area contributed by atoms with Gasteiger partial charge in [-0.2, -0.15) is 0 Å². The summed E-state index contributed by atoms with van der Waals surface area (Å²) in [6.07, 6.45) is 0.915. The number of halogens is 1. The van der Waals surface area contributed by atoms with E-state index in [0.29, 0.717) is 5.92 Å². The van der Waals surface area contributed by atoms with Gasteiger partial charge in [-0.3, -0.25) is 4.90 Å². The van der Waals surface area contributed by atoms with Gasteiger partial charge in [0, 0.05) is 37.8 Å². The summed E-state index contributed by atoms with van der Waals surface area (Å²) in [5, 5.41) is 13.5. The number of benzene rings is 1. The molecule has 0 spiro atoms. The molecule has 2 rings (SSSR count). The number of nitrogen functional groups attached to an aromatic ring is 1. The first-order valence-electron chi connectivity index (χ1n) is 7.22. The third kappa shape index (κ3) is 3.22. The van der Waals surface area contributed by atoms with Gasteiger partial charge in [0.05, 0.1) is 0 Å². The molecule has 1 aromatic carbocycles. The molecular formula is C15H24FN3O. The molecule has 0 amide bonds. The third-order valence-electron chi connectivity index (χ3n) is 3.84. The summed E-state index contributed by atoms with van der Waals surface area (Å²) < 4.78 is 13.4. The average Bonchev–Trinajstić information content (AvgIpc) is 2.44. The first-order chi connectivity index (χ1) is 9.50. The molecule has 1 fully saturated rings. The molecule has 1 aliphatic rings. The van der Waals surface area contributed by atoms with Crippen LogP contribution in [0.4, 0.5) is 10.1 Å². The summed E-state index contributed by atoms with van der Waals surface area (Å²) in [7, 11) is 0. The molecule has 112 valence electrons. The molecule has 4 nitrogen and oxygen atoms in total. The van der Waals surface area contributed by atoms with Gasteiger partial charge in [-0.25, -0.2) is 4.39 Å². The second kappa shape index (κ2) is 6.41. The van der Waals surface area contributed by atoms with Gasteiger partial charge in [0.1, 0.15) is 17.3 Å². The molecule has 4 N–H and O–H groups in total. The van der Waals surface area contributed by atoms with E-state index in [1.165, 1.54) is 6.07 Å². The maximum absolute atomic E-state index is 13.4. The van der Waals surface area contributed by atoms with Gasteiger partial charge < -0.3 is 16.2 Å².